The van der Waals surface area contributed by atoms with E-state index in [1.54, 1.807) is 10.6 Å². The molecule has 2 aromatic rings. The van der Waals surface area contributed by atoms with Gasteiger partial charge in [0.05, 0.1) is 6.10 Å². The second-order valence-electron chi connectivity index (χ2n) is 9.06. The van der Waals surface area contributed by atoms with Crippen LogP contribution >= 0.6 is 0 Å². The second kappa shape index (κ2) is 6.51. The van der Waals surface area contributed by atoms with Gasteiger partial charge in [-0.25, -0.2) is 0 Å². The fourth-order valence-electron chi connectivity index (χ4n) is 3.56. The Bertz CT molecular complexity index is 983. The van der Waals surface area contributed by atoms with E-state index in [-0.39, 0.29) is 22.9 Å². The van der Waals surface area contributed by atoms with Crippen LogP contribution in [0, 0.1) is 5.41 Å². The molecule has 2 aromatic heterocycles. The summed E-state index contributed by atoms with van der Waals surface area (Å²) in [7, 11) is 0. The zero-order valence-corrected chi connectivity index (χ0v) is 16.5. The van der Waals surface area contributed by atoms with E-state index in [9.17, 15) is 19.8 Å². The molecule has 28 heavy (non-hydrogen) atoms. The molecule has 4 rings (SSSR count). The van der Waals surface area contributed by atoms with Crippen molar-refractivity contribution in [2.75, 3.05) is 18.0 Å². The molecule has 152 valence electrons. The van der Waals surface area contributed by atoms with Crippen LogP contribution in [0.1, 0.15) is 50.4 Å². The minimum atomic E-state index is -0.637. The minimum Gasteiger partial charge on any atom is -0.494 e. The van der Waals surface area contributed by atoms with Gasteiger partial charge < -0.3 is 20.4 Å². The predicted octanol–water partition coefficient (Wildman–Crippen LogP) is 0.711. The second-order valence-corrected chi connectivity index (χ2v) is 9.06. The highest BCUT2D eigenvalue weighted by Gasteiger charge is 2.31. The highest BCUT2D eigenvalue weighted by molar-refractivity contribution is 5.96. The van der Waals surface area contributed by atoms with Gasteiger partial charge in [0, 0.05) is 31.7 Å². The van der Waals surface area contributed by atoms with Crippen LogP contribution < -0.4 is 15.8 Å². The molecule has 1 saturated carbocycles. The lowest BCUT2D eigenvalue weighted by Gasteiger charge is -2.23. The molecule has 0 spiro atoms. The van der Waals surface area contributed by atoms with Crippen LogP contribution in [0.4, 0.5) is 5.82 Å². The van der Waals surface area contributed by atoms with Crippen LogP contribution in [-0.4, -0.2) is 55.5 Å². The molecule has 9 nitrogen and oxygen atoms in total. The highest BCUT2D eigenvalue weighted by atomic mass is 16.3. The summed E-state index contributed by atoms with van der Waals surface area (Å²) in [6.07, 6.45) is 1.98. The number of anilines is 1. The fraction of sp³-hybridized carbons (Fsp3) is 0.632. The number of nitrogens with zero attached hydrogens (tertiary/aromatic N) is 4. The predicted molar refractivity (Wildman–Crippen MR) is 104 cm³/mol. The minimum absolute atomic E-state index is 0.0670. The van der Waals surface area contributed by atoms with E-state index in [1.807, 2.05) is 25.7 Å². The molecule has 0 unspecified atom stereocenters. The van der Waals surface area contributed by atoms with Gasteiger partial charge in [-0.15, -0.1) is 5.10 Å². The lowest BCUT2D eigenvalue weighted by molar-refractivity contribution is 0.0944. The van der Waals surface area contributed by atoms with Crippen LogP contribution in [0.15, 0.2) is 10.9 Å². The molecule has 0 bridgehead atoms. The van der Waals surface area contributed by atoms with Crippen molar-refractivity contribution in [3.05, 3.63) is 22.0 Å². The van der Waals surface area contributed by atoms with Gasteiger partial charge >= 0.3 is 0 Å². The zero-order valence-electron chi connectivity index (χ0n) is 16.5. The van der Waals surface area contributed by atoms with Crippen LogP contribution in [0.3, 0.4) is 0 Å². The van der Waals surface area contributed by atoms with Gasteiger partial charge in [-0.3, -0.25) is 14.2 Å². The third-order valence-electron chi connectivity index (χ3n) is 5.10. The van der Waals surface area contributed by atoms with E-state index < -0.39 is 17.6 Å². The molecular weight excluding hydrogens is 362 g/mol. The lowest BCUT2D eigenvalue weighted by Crippen LogP contribution is -2.35. The Hall–Kier alpha value is -2.55. The molecule has 9 heteroatoms. The Morgan fingerprint density at radius 2 is 2.04 bits per heavy atom. The average Bonchev–Trinajstić information content (AvgIpc) is 3.12. The zero-order chi connectivity index (χ0) is 20.2. The summed E-state index contributed by atoms with van der Waals surface area (Å²) in [6, 6.07) is 1.80. The lowest BCUT2D eigenvalue weighted by atomic mass is 9.96. The van der Waals surface area contributed by atoms with E-state index in [0.29, 0.717) is 37.5 Å². The normalized spacial score (nSPS) is 20.1. The summed E-state index contributed by atoms with van der Waals surface area (Å²) >= 11 is 0. The largest absolute Gasteiger partial charge is 0.494 e. The van der Waals surface area contributed by atoms with Crippen LogP contribution in [0.2, 0.25) is 0 Å². The van der Waals surface area contributed by atoms with Gasteiger partial charge in [0.2, 0.25) is 5.88 Å². The fourth-order valence-corrected chi connectivity index (χ4v) is 3.56. The third kappa shape index (κ3) is 3.46. The number of hydrogen-bond donors (Lipinski definition) is 3. The Kier molecular flexibility index (Phi) is 4.37. The van der Waals surface area contributed by atoms with Crippen molar-refractivity contribution < 1.29 is 15.0 Å². The standard InChI is InChI=1S/C19H27N5O4/c1-19(2,3)10-23-14-8-13(22-7-6-12(25)9-22)21-24(14)18(28)15(17(23)27)16(26)20-11-4-5-11/h8,11-12,25,27H,4-7,9-10H2,1-3H3,(H,20,26)/t12-/m1/s1. The van der Waals surface area contributed by atoms with Crippen LogP contribution in [-0.2, 0) is 6.54 Å². The summed E-state index contributed by atoms with van der Waals surface area (Å²) < 4.78 is 2.76. The van der Waals surface area contributed by atoms with Crippen molar-refractivity contribution in [1.82, 2.24) is 19.5 Å². The summed E-state index contributed by atoms with van der Waals surface area (Å²) in [5, 5.41) is 27.9. The number of aromatic nitrogens is 3. The number of aliphatic hydroxyl groups is 1. The molecule has 2 aliphatic rings. The topological polar surface area (TPSA) is 112 Å². The van der Waals surface area contributed by atoms with Gasteiger partial charge in [0.1, 0.15) is 5.65 Å². The molecule has 0 radical (unpaired) electrons. The molecule has 1 aliphatic heterocycles. The first-order valence-corrected chi connectivity index (χ1v) is 9.73. The van der Waals surface area contributed by atoms with Crippen molar-refractivity contribution >= 4 is 17.4 Å². The first-order chi connectivity index (χ1) is 13.1. The maximum atomic E-state index is 13.0. The Balaban J connectivity index is 1.87. The number of carbonyl (C=O) groups excluding carboxylic acids is 1. The van der Waals surface area contributed by atoms with Gasteiger partial charge in [-0.2, -0.15) is 4.52 Å². The smallest absolute Gasteiger partial charge is 0.291 e. The van der Waals surface area contributed by atoms with Gasteiger partial charge in [0.15, 0.2) is 11.4 Å². The first-order valence-electron chi connectivity index (χ1n) is 9.73. The molecule has 3 N–H and O–H groups in total. The highest BCUT2D eigenvalue weighted by Crippen LogP contribution is 2.28. The van der Waals surface area contributed by atoms with Crippen molar-refractivity contribution in [3.8, 4) is 5.88 Å². The van der Waals surface area contributed by atoms with Crippen LogP contribution in [0.25, 0.3) is 5.65 Å². The molecule has 1 amide bonds. The maximum Gasteiger partial charge on any atom is 0.291 e. The number of fused-ring (bicyclic) bond motifs is 1. The van der Waals surface area contributed by atoms with Crippen LogP contribution in [0.5, 0.6) is 5.88 Å². The number of nitrogens with one attached hydrogen (secondary N) is 1. The van der Waals surface area contributed by atoms with E-state index in [0.717, 1.165) is 12.8 Å². The molecule has 2 fully saturated rings. The van der Waals surface area contributed by atoms with Gasteiger partial charge in [0.25, 0.3) is 11.5 Å². The van der Waals surface area contributed by atoms with Crippen molar-refractivity contribution in [2.45, 2.75) is 58.7 Å². The Morgan fingerprint density at radius 1 is 1.32 bits per heavy atom. The maximum absolute atomic E-state index is 13.0. The van der Waals surface area contributed by atoms with Gasteiger partial charge in [-0.1, -0.05) is 20.8 Å². The number of carbonyl (C=O) groups is 1. The summed E-state index contributed by atoms with van der Waals surface area (Å²) in [4.78, 5) is 27.5. The van der Waals surface area contributed by atoms with Crippen molar-refractivity contribution in [3.63, 3.8) is 0 Å². The molecule has 1 aliphatic carbocycles. The number of β-amino-alcohol motifs (C(OH)–C–C–N with tert-alkyl or cyclic N) is 1. The summed E-state index contributed by atoms with van der Waals surface area (Å²) in [6.45, 7) is 7.52. The summed E-state index contributed by atoms with van der Waals surface area (Å²) in [5.74, 6) is -0.350. The quantitative estimate of drug-likeness (QED) is 0.710. The Morgan fingerprint density at radius 3 is 2.61 bits per heavy atom. The van der Waals surface area contributed by atoms with Gasteiger partial charge in [-0.05, 0) is 24.7 Å². The molecule has 1 saturated heterocycles. The number of amides is 1. The van der Waals surface area contributed by atoms with E-state index in [1.165, 1.54) is 4.52 Å². The first kappa shape index (κ1) is 18.8. The van der Waals surface area contributed by atoms with E-state index in [2.05, 4.69) is 10.4 Å². The Labute approximate surface area is 162 Å². The number of hydrogen-bond acceptors (Lipinski definition) is 6. The molecule has 1 atom stereocenters. The number of rotatable bonds is 4. The average molecular weight is 389 g/mol. The summed E-state index contributed by atoms with van der Waals surface area (Å²) in [5.41, 5.74) is -0.690. The van der Waals surface area contributed by atoms with Crippen molar-refractivity contribution in [1.29, 1.82) is 0 Å². The third-order valence-corrected chi connectivity index (χ3v) is 5.10. The molecule has 3 heterocycles. The number of aromatic hydroxyl groups is 1. The number of aliphatic hydroxyl groups excluding tert-OH is 1. The SMILES string of the molecule is CC(C)(C)Cn1c(O)c(C(=O)NC2CC2)c(=O)n2nc(N3CC[C@@H](O)C3)cc12. The monoisotopic (exact) mass is 389 g/mol. The van der Waals surface area contributed by atoms with E-state index >= 15 is 0 Å². The molecule has 0 aromatic carbocycles. The molecular formula is C19H27N5O4. The van der Waals surface area contributed by atoms with E-state index in [4.69, 9.17) is 0 Å². The van der Waals surface area contributed by atoms with Crippen molar-refractivity contribution in [2.24, 2.45) is 5.41 Å².